The number of halogens is 1. The lowest BCUT2D eigenvalue weighted by molar-refractivity contribution is -0.130. The van der Waals surface area contributed by atoms with E-state index in [0.717, 1.165) is 5.56 Å². The zero-order chi connectivity index (χ0) is 15.9. The number of nitrogens with zero attached hydrogens (tertiary/aromatic N) is 1. The van der Waals surface area contributed by atoms with Crippen molar-refractivity contribution in [3.05, 3.63) is 64.5 Å². The maximum Gasteiger partial charge on any atom is 0.339 e. The number of rotatable bonds is 6. The van der Waals surface area contributed by atoms with Crippen LogP contribution in [0.3, 0.4) is 0 Å². The summed E-state index contributed by atoms with van der Waals surface area (Å²) in [6, 6.07) is 12.4. The third-order valence-electron chi connectivity index (χ3n) is 2.84. The molecule has 5 nitrogen and oxygen atoms in total. The molecule has 0 unspecified atom stereocenters. The predicted molar refractivity (Wildman–Crippen MR) is 85.3 cm³/mol. The van der Waals surface area contributed by atoms with Crippen LogP contribution in [0.1, 0.15) is 11.1 Å². The Balaban J connectivity index is 2.25. The molecular formula is C16H14BrNO4. The lowest BCUT2D eigenvalue weighted by Gasteiger charge is -2.11. The van der Waals surface area contributed by atoms with Crippen molar-refractivity contribution < 1.29 is 19.4 Å². The first-order valence-electron chi connectivity index (χ1n) is 6.41. The number of benzene rings is 1. The number of aliphatic carboxylic acids is 1. The third-order valence-corrected chi connectivity index (χ3v) is 3.28. The monoisotopic (exact) mass is 363 g/mol. The summed E-state index contributed by atoms with van der Waals surface area (Å²) in [6.45, 7) is 0.202. The molecule has 1 N–H and O–H groups in total. The maximum absolute atomic E-state index is 11.4. The second-order valence-electron chi connectivity index (χ2n) is 4.32. The molecule has 0 radical (unpaired) electrons. The van der Waals surface area contributed by atoms with Crippen LogP contribution in [-0.2, 0) is 16.1 Å². The van der Waals surface area contributed by atoms with Gasteiger partial charge in [-0.1, -0.05) is 30.3 Å². The summed E-state index contributed by atoms with van der Waals surface area (Å²) in [4.78, 5) is 15.5. The van der Waals surface area contributed by atoms with Crippen molar-refractivity contribution in [1.29, 1.82) is 0 Å². The van der Waals surface area contributed by atoms with Gasteiger partial charge in [-0.15, -0.1) is 0 Å². The molecule has 6 heteroatoms. The van der Waals surface area contributed by atoms with E-state index in [1.807, 2.05) is 12.1 Å². The number of carboxylic acid groups (broad SMARTS) is 1. The average molecular weight is 364 g/mol. The van der Waals surface area contributed by atoms with Crippen molar-refractivity contribution in [1.82, 2.24) is 4.98 Å². The van der Waals surface area contributed by atoms with Crippen molar-refractivity contribution in [3.63, 3.8) is 0 Å². The van der Waals surface area contributed by atoms with Gasteiger partial charge in [0.15, 0.2) is 0 Å². The Kier molecular flexibility index (Phi) is 5.55. The fourth-order valence-electron chi connectivity index (χ4n) is 1.88. The molecule has 22 heavy (non-hydrogen) atoms. The van der Waals surface area contributed by atoms with E-state index in [4.69, 9.17) is 9.47 Å². The van der Waals surface area contributed by atoms with Gasteiger partial charge in [-0.25, -0.2) is 9.78 Å². The van der Waals surface area contributed by atoms with Gasteiger partial charge >= 0.3 is 5.97 Å². The highest BCUT2D eigenvalue weighted by Gasteiger charge is 2.15. The second-order valence-corrected chi connectivity index (χ2v) is 5.13. The van der Waals surface area contributed by atoms with E-state index in [2.05, 4.69) is 20.9 Å². The van der Waals surface area contributed by atoms with Gasteiger partial charge in [0.25, 0.3) is 0 Å². The predicted octanol–water partition coefficient (Wildman–Crippen LogP) is 3.50. The van der Waals surface area contributed by atoms with E-state index >= 15 is 0 Å². The summed E-state index contributed by atoms with van der Waals surface area (Å²) in [7, 11) is 1.41. The lowest BCUT2D eigenvalue weighted by Crippen LogP contribution is -2.06. The number of carbonyl (C=O) groups is 1. The topological polar surface area (TPSA) is 68.7 Å². The molecule has 0 saturated carbocycles. The summed E-state index contributed by atoms with van der Waals surface area (Å²) < 4.78 is 11.1. The van der Waals surface area contributed by atoms with Gasteiger partial charge in [-0.05, 0) is 33.1 Å². The van der Waals surface area contributed by atoms with Crippen molar-refractivity contribution in [2.24, 2.45) is 0 Å². The number of methoxy groups -OCH3 is 1. The molecule has 2 aromatic rings. The SMILES string of the molecule is CO/C=C(/C(=O)O)c1ccccc1COc1cccc(Br)n1. The molecule has 114 valence electrons. The van der Waals surface area contributed by atoms with Gasteiger partial charge in [0.1, 0.15) is 16.8 Å². The van der Waals surface area contributed by atoms with Gasteiger partial charge in [0, 0.05) is 6.07 Å². The van der Waals surface area contributed by atoms with E-state index in [0.29, 0.717) is 16.0 Å². The minimum atomic E-state index is -1.06. The number of hydrogen-bond acceptors (Lipinski definition) is 4. The first-order valence-corrected chi connectivity index (χ1v) is 7.21. The standard InChI is InChI=1S/C16H14BrNO4/c1-21-10-13(16(19)20)12-6-3-2-5-11(12)9-22-15-8-4-7-14(17)18-15/h2-8,10H,9H2,1H3,(H,19,20)/b13-10+. The van der Waals surface area contributed by atoms with Crippen LogP contribution < -0.4 is 4.74 Å². The Morgan fingerprint density at radius 2 is 2.05 bits per heavy atom. The van der Waals surface area contributed by atoms with Gasteiger partial charge in [-0.2, -0.15) is 0 Å². The van der Waals surface area contributed by atoms with Crippen LogP contribution in [-0.4, -0.2) is 23.2 Å². The summed E-state index contributed by atoms with van der Waals surface area (Å²) in [5, 5.41) is 9.30. The highest BCUT2D eigenvalue weighted by atomic mass is 79.9. The molecule has 0 aliphatic heterocycles. The number of aromatic nitrogens is 1. The van der Waals surface area contributed by atoms with Crippen molar-refractivity contribution in [2.45, 2.75) is 6.61 Å². The van der Waals surface area contributed by atoms with Crippen molar-refractivity contribution >= 4 is 27.5 Å². The first-order chi connectivity index (χ1) is 10.6. The van der Waals surface area contributed by atoms with E-state index in [-0.39, 0.29) is 12.2 Å². The number of ether oxygens (including phenoxy) is 2. The molecule has 0 aliphatic carbocycles. The van der Waals surface area contributed by atoms with Crippen LogP contribution in [0.15, 0.2) is 53.3 Å². The van der Waals surface area contributed by atoms with Gasteiger partial charge in [0.2, 0.25) is 5.88 Å². The fraction of sp³-hybridized carbons (Fsp3) is 0.125. The summed E-state index contributed by atoms with van der Waals surface area (Å²) in [5.41, 5.74) is 1.35. The smallest absolute Gasteiger partial charge is 0.339 e. The Morgan fingerprint density at radius 3 is 2.73 bits per heavy atom. The Labute approximate surface area is 136 Å². The Bertz CT molecular complexity index is 700. The normalized spacial score (nSPS) is 11.1. The summed E-state index contributed by atoms with van der Waals surface area (Å²) >= 11 is 3.27. The number of hydrogen-bond donors (Lipinski definition) is 1. The van der Waals surface area contributed by atoms with E-state index < -0.39 is 5.97 Å². The molecule has 0 fully saturated rings. The van der Waals surface area contributed by atoms with Gasteiger partial charge in [-0.3, -0.25) is 0 Å². The van der Waals surface area contributed by atoms with Crippen LogP contribution in [0.2, 0.25) is 0 Å². The van der Waals surface area contributed by atoms with Crippen LogP contribution in [0.5, 0.6) is 5.88 Å². The quantitative estimate of drug-likeness (QED) is 0.483. The van der Waals surface area contributed by atoms with Crippen LogP contribution in [0.4, 0.5) is 0 Å². The van der Waals surface area contributed by atoms with Gasteiger partial charge < -0.3 is 14.6 Å². The highest BCUT2D eigenvalue weighted by molar-refractivity contribution is 9.10. The number of carboxylic acids is 1. The van der Waals surface area contributed by atoms with Crippen molar-refractivity contribution in [3.8, 4) is 5.88 Å². The molecule has 1 aromatic heterocycles. The van der Waals surface area contributed by atoms with Gasteiger partial charge in [0.05, 0.1) is 13.4 Å². The largest absolute Gasteiger partial charge is 0.503 e. The maximum atomic E-state index is 11.4. The van der Waals surface area contributed by atoms with E-state index in [1.54, 1.807) is 30.3 Å². The van der Waals surface area contributed by atoms with Crippen LogP contribution in [0, 0.1) is 0 Å². The van der Waals surface area contributed by atoms with E-state index in [9.17, 15) is 9.90 Å². The zero-order valence-electron chi connectivity index (χ0n) is 11.8. The lowest BCUT2D eigenvalue weighted by atomic mass is 10.0. The molecule has 1 heterocycles. The minimum absolute atomic E-state index is 0.0731. The fourth-order valence-corrected chi connectivity index (χ4v) is 2.20. The molecule has 2 rings (SSSR count). The average Bonchev–Trinajstić information content (AvgIpc) is 2.51. The zero-order valence-corrected chi connectivity index (χ0v) is 13.4. The second kappa shape index (κ2) is 7.61. The highest BCUT2D eigenvalue weighted by Crippen LogP contribution is 2.22. The molecule has 0 aliphatic rings. The van der Waals surface area contributed by atoms with Crippen LogP contribution in [0.25, 0.3) is 5.57 Å². The molecule has 0 atom stereocenters. The Morgan fingerprint density at radius 1 is 1.27 bits per heavy atom. The first kappa shape index (κ1) is 16.0. The summed E-state index contributed by atoms with van der Waals surface area (Å²) in [5.74, 6) is -0.605. The Hall–Kier alpha value is -2.34. The third kappa shape index (κ3) is 4.08. The molecule has 0 spiro atoms. The van der Waals surface area contributed by atoms with Crippen LogP contribution >= 0.6 is 15.9 Å². The molecule has 0 saturated heterocycles. The molecule has 0 bridgehead atoms. The molecular weight excluding hydrogens is 350 g/mol. The summed E-state index contributed by atoms with van der Waals surface area (Å²) in [6.07, 6.45) is 1.21. The molecule has 1 aromatic carbocycles. The van der Waals surface area contributed by atoms with Crippen molar-refractivity contribution in [2.75, 3.05) is 7.11 Å². The molecule has 0 amide bonds. The minimum Gasteiger partial charge on any atom is -0.503 e. The number of pyridine rings is 1. The van der Waals surface area contributed by atoms with E-state index in [1.165, 1.54) is 13.4 Å².